The Morgan fingerprint density at radius 3 is 2.85 bits per heavy atom. The van der Waals surface area contributed by atoms with Crippen LogP contribution in [-0.2, 0) is 0 Å². The van der Waals surface area contributed by atoms with Crippen LogP contribution in [0.5, 0.6) is 0 Å². The van der Waals surface area contributed by atoms with E-state index in [4.69, 9.17) is 0 Å². The van der Waals surface area contributed by atoms with Crippen LogP contribution in [0, 0.1) is 23.7 Å². The first kappa shape index (κ1) is 10.6. The number of rotatable bonds is 4. The van der Waals surface area contributed by atoms with Crippen LogP contribution in [0.2, 0.25) is 0 Å². The zero-order valence-corrected chi connectivity index (χ0v) is 8.90. The molecule has 74 valence electrons. The van der Waals surface area contributed by atoms with Gasteiger partial charge in [0.2, 0.25) is 0 Å². The number of hydrogen-bond acceptors (Lipinski definition) is 1. The maximum atomic E-state index is 3.48. The molecule has 0 spiro atoms. The fourth-order valence-corrected chi connectivity index (χ4v) is 2.09. The van der Waals surface area contributed by atoms with Crippen LogP contribution in [0.15, 0.2) is 0 Å². The molecular weight excluding hydrogens is 158 g/mol. The predicted octanol–water partition coefficient (Wildman–Crippen LogP) is 2.43. The summed E-state index contributed by atoms with van der Waals surface area (Å²) in [6.07, 6.45) is 5.28. The molecule has 0 aromatic heterocycles. The zero-order valence-electron chi connectivity index (χ0n) is 8.90. The third kappa shape index (κ3) is 4.33. The van der Waals surface area contributed by atoms with Crippen molar-refractivity contribution in [2.45, 2.75) is 39.5 Å². The first-order valence-electron chi connectivity index (χ1n) is 5.43. The van der Waals surface area contributed by atoms with Crippen molar-refractivity contribution in [1.82, 2.24) is 5.32 Å². The summed E-state index contributed by atoms with van der Waals surface area (Å²) in [5.74, 6) is 7.88. The van der Waals surface area contributed by atoms with Crippen molar-refractivity contribution in [2.24, 2.45) is 11.8 Å². The molecule has 0 radical (unpaired) electrons. The molecule has 0 saturated heterocycles. The van der Waals surface area contributed by atoms with Crippen LogP contribution in [0.3, 0.4) is 0 Å². The fourth-order valence-electron chi connectivity index (χ4n) is 2.09. The molecule has 0 aromatic carbocycles. The summed E-state index contributed by atoms with van der Waals surface area (Å²) in [5.41, 5.74) is 0. The third-order valence-corrected chi connectivity index (χ3v) is 2.84. The molecule has 1 saturated carbocycles. The van der Waals surface area contributed by atoms with Gasteiger partial charge >= 0.3 is 0 Å². The smallest absolute Gasteiger partial charge is 0.0214 e. The monoisotopic (exact) mass is 179 g/mol. The lowest BCUT2D eigenvalue weighted by molar-refractivity contribution is 0.474. The minimum Gasteiger partial charge on any atom is -0.316 e. The molecule has 0 heterocycles. The van der Waals surface area contributed by atoms with E-state index in [1.165, 1.54) is 25.8 Å². The first-order chi connectivity index (χ1) is 6.33. The van der Waals surface area contributed by atoms with E-state index in [9.17, 15) is 0 Å². The van der Waals surface area contributed by atoms with E-state index < -0.39 is 0 Å². The van der Waals surface area contributed by atoms with Crippen molar-refractivity contribution in [3.63, 3.8) is 0 Å². The maximum Gasteiger partial charge on any atom is 0.0214 e. The zero-order chi connectivity index (χ0) is 9.52. The van der Waals surface area contributed by atoms with E-state index in [0.717, 1.165) is 24.8 Å². The summed E-state index contributed by atoms with van der Waals surface area (Å²) in [7, 11) is 0. The molecule has 1 aliphatic carbocycles. The van der Waals surface area contributed by atoms with Crippen molar-refractivity contribution in [3.8, 4) is 11.8 Å². The molecule has 1 N–H and O–H groups in total. The van der Waals surface area contributed by atoms with E-state index >= 15 is 0 Å². The fraction of sp³-hybridized carbons (Fsp3) is 0.833. The van der Waals surface area contributed by atoms with Crippen molar-refractivity contribution in [2.75, 3.05) is 13.1 Å². The molecule has 0 aromatic rings. The highest BCUT2D eigenvalue weighted by Gasteiger charge is 2.20. The molecule has 1 heteroatoms. The summed E-state index contributed by atoms with van der Waals surface area (Å²) in [6.45, 7) is 6.53. The highest BCUT2D eigenvalue weighted by Crippen LogP contribution is 2.29. The van der Waals surface area contributed by atoms with Crippen molar-refractivity contribution in [1.29, 1.82) is 0 Å². The van der Waals surface area contributed by atoms with Gasteiger partial charge in [-0.25, -0.2) is 0 Å². The van der Waals surface area contributed by atoms with Gasteiger partial charge in [0.05, 0.1) is 0 Å². The second-order valence-electron chi connectivity index (χ2n) is 4.17. The quantitative estimate of drug-likeness (QED) is 0.516. The molecular formula is C12H21N. The van der Waals surface area contributed by atoms with Crippen LogP contribution in [-0.4, -0.2) is 13.1 Å². The normalized spacial score (nSPS) is 26.9. The van der Waals surface area contributed by atoms with E-state index in [-0.39, 0.29) is 0 Å². The van der Waals surface area contributed by atoms with Crippen molar-refractivity contribution >= 4 is 0 Å². The molecule has 1 rings (SSSR count). The van der Waals surface area contributed by atoms with Crippen LogP contribution in [0.25, 0.3) is 0 Å². The minimum absolute atomic E-state index is 0.935. The predicted molar refractivity (Wildman–Crippen MR) is 57.4 cm³/mol. The average Bonchev–Trinajstić information content (AvgIpc) is 2.51. The molecule has 2 atom stereocenters. The second-order valence-corrected chi connectivity index (χ2v) is 4.17. The Hall–Kier alpha value is -0.480. The van der Waals surface area contributed by atoms with Gasteiger partial charge in [0, 0.05) is 13.0 Å². The molecule has 0 aliphatic heterocycles. The van der Waals surface area contributed by atoms with Gasteiger partial charge in [-0.2, -0.15) is 0 Å². The largest absolute Gasteiger partial charge is 0.316 e. The Morgan fingerprint density at radius 2 is 2.23 bits per heavy atom. The average molecular weight is 179 g/mol. The van der Waals surface area contributed by atoms with Gasteiger partial charge in [0.1, 0.15) is 0 Å². The van der Waals surface area contributed by atoms with E-state index in [2.05, 4.69) is 24.1 Å². The van der Waals surface area contributed by atoms with E-state index in [0.29, 0.717) is 0 Å². The lowest BCUT2D eigenvalue weighted by atomic mass is 10.1. The minimum atomic E-state index is 0.935. The topological polar surface area (TPSA) is 12.0 Å². The van der Waals surface area contributed by atoms with Crippen LogP contribution >= 0.6 is 0 Å². The van der Waals surface area contributed by atoms with E-state index in [1.54, 1.807) is 0 Å². The first-order valence-corrected chi connectivity index (χ1v) is 5.43. The highest BCUT2D eigenvalue weighted by atomic mass is 14.9. The van der Waals surface area contributed by atoms with Gasteiger partial charge in [0.15, 0.2) is 0 Å². The molecule has 0 amide bonds. The lowest BCUT2D eigenvalue weighted by Crippen LogP contribution is -2.22. The molecule has 13 heavy (non-hydrogen) atoms. The van der Waals surface area contributed by atoms with Crippen molar-refractivity contribution < 1.29 is 0 Å². The van der Waals surface area contributed by atoms with Gasteiger partial charge in [-0.1, -0.05) is 13.3 Å². The second kappa shape index (κ2) is 6.05. The molecule has 0 bridgehead atoms. The van der Waals surface area contributed by atoms with Gasteiger partial charge in [-0.3, -0.25) is 0 Å². The third-order valence-electron chi connectivity index (χ3n) is 2.84. The Labute approximate surface area is 82.3 Å². The van der Waals surface area contributed by atoms with Crippen LogP contribution in [0.4, 0.5) is 0 Å². The van der Waals surface area contributed by atoms with Crippen molar-refractivity contribution in [3.05, 3.63) is 0 Å². The Balaban J connectivity index is 1.96. The Morgan fingerprint density at radius 1 is 1.38 bits per heavy atom. The molecule has 1 fully saturated rings. The summed E-state index contributed by atoms with van der Waals surface area (Å²) in [4.78, 5) is 0. The SMILES string of the molecule is CC#CCCNCC1CCC(C)C1. The maximum absolute atomic E-state index is 3.48. The van der Waals surface area contributed by atoms with Crippen LogP contribution < -0.4 is 5.32 Å². The van der Waals surface area contributed by atoms with Gasteiger partial charge in [0.25, 0.3) is 0 Å². The Bertz CT molecular complexity index is 187. The molecule has 2 unspecified atom stereocenters. The number of hydrogen-bond donors (Lipinski definition) is 1. The van der Waals surface area contributed by atoms with Crippen LogP contribution in [0.1, 0.15) is 39.5 Å². The van der Waals surface area contributed by atoms with Gasteiger partial charge in [-0.15, -0.1) is 11.8 Å². The highest BCUT2D eigenvalue weighted by molar-refractivity contribution is 4.95. The lowest BCUT2D eigenvalue weighted by Gasteiger charge is -2.09. The van der Waals surface area contributed by atoms with E-state index in [1.807, 2.05) is 6.92 Å². The standard InChI is InChI=1S/C12H21N/c1-3-4-5-8-13-10-12-7-6-11(2)9-12/h11-13H,5-10H2,1-2H3. The van der Waals surface area contributed by atoms with Gasteiger partial charge < -0.3 is 5.32 Å². The summed E-state index contributed by atoms with van der Waals surface area (Å²) in [6, 6.07) is 0. The Kier molecular flexibility index (Phi) is 4.93. The summed E-state index contributed by atoms with van der Waals surface area (Å²) in [5, 5.41) is 3.48. The van der Waals surface area contributed by atoms with Gasteiger partial charge in [-0.05, 0) is 38.1 Å². The molecule has 1 aliphatic rings. The molecule has 1 nitrogen and oxygen atoms in total. The summed E-state index contributed by atoms with van der Waals surface area (Å²) >= 11 is 0. The summed E-state index contributed by atoms with van der Waals surface area (Å²) < 4.78 is 0. The number of nitrogens with one attached hydrogen (secondary N) is 1.